The third-order valence-electron chi connectivity index (χ3n) is 3.48. The van der Waals surface area contributed by atoms with Crippen molar-refractivity contribution in [3.63, 3.8) is 0 Å². The van der Waals surface area contributed by atoms with Gasteiger partial charge in [0.1, 0.15) is 0 Å². The minimum absolute atomic E-state index is 0. The molecule has 0 radical (unpaired) electrons. The third-order valence-corrected chi connectivity index (χ3v) is 5.34. The van der Waals surface area contributed by atoms with E-state index < -0.39 is 10.0 Å². The Bertz CT molecular complexity index is 563. The molecule has 1 saturated heterocycles. The highest BCUT2D eigenvalue weighted by Crippen LogP contribution is 2.21. The number of hydrogen-bond acceptors (Lipinski definition) is 4. The summed E-state index contributed by atoms with van der Waals surface area (Å²) >= 11 is 0. The molecule has 114 valence electrons. The average molecular weight is 321 g/mol. The largest absolute Gasteiger partial charge is 0.374 e. The minimum atomic E-state index is -3.45. The van der Waals surface area contributed by atoms with Crippen LogP contribution in [0, 0.1) is 13.8 Å². The summed E-state index contributed by atoms with van der Waals surface area (Å²) in [6.45, 7) is 5.31. The third kappa shape index (κ3) is 3.51. The molecule has 1 aromatic carbocycles. The van der Waals surface area contributed by atoms with Crippen molar-refractivity contribution in [3.05, 3.63) is 29.3 Å². The summed E-state index contributed by atoms with van der Waals surface area (Å²) in [5.41, 5.74) is 7.61. The van der Waals surface area contributed by atoms with Crippen LogP contribution in [0.1, 0.15) is 11.1 Å². The number of sulfonamides is 1. The smallest absolute Gasteiger partial charge is 0.243 e. The first-order valence-electron chi connectivity index (χ1n) is 6.34. The molecule has 1 atom stereocenters. The van der Waals surface area contributed by atoms with Crippen molar-refractivity contribution in [1.29, 1.82) is 0 Å². The highest BCUT2D eigenvalue weighted by atomic mass is 35.5. The number of ether oxygens (including phenoxy) is 1. The molecule has 1 aliphatic heterocycles. The number of benzene rings is 1. The lowest BCUT2D eigenvalue weighted by Crippen LogP contribution is -2.48. The lowest BCUT2D eigenvalue weighted by atomic mass is 10.1. The first kappa shape index (κ1) is 17.4. The fourth-order valence-electron chi connectivity index (χ4n) is 2.08. The molecule has 0 aromatic heterocycles. The molecule has 1 heterocycles. The molecule has 0 spiro atoms. The lowest BCUT2D eigenvalue weighted by Gasteiger charge is -2.31. The van der Waals surface area contributed by atoms with Gasteiger partial charge in [-0.3, -0.25) is 0 Å². The van der Waals surface area contributed by atoms with E-state index in [1.165, 1.54) is 4.31 Å². The monoisotopic (exact) mass is 320 g/mol. The fourth-order valence-corrected chi connectivity index (χ4v) is 3.62. The van der Waals surface area contributed by atoms with Gasteiger partial charge in [0, 0.05) is 19.6 Å². The van der Waals surface area contributed by atoms with Gasteiger partial charge < -0.3 is 10.5 Å². The van der Waals surface area contributed by atoms with Crippen molar-refractivity contribution in [2.75, 3.05) is 26.2 Å². The van der Waals surface area contributed by atoms with Gasteiger partial charge in [0.05, 0.1) is 17.6 Å². The maximum Gasteiger partial charge on any atom is 0.243 e. The first-order valence-corrected chi connectivity index (χ1v) is 7.78. The summed E-state index contributed by atoms with van der Waals surface area (Å²) in [5, 5.41) is 0. The highest BCUT2D eigenvalue weighted by Gasteiger charge is 2.30. The van der Waals surface area contributed by atoms with Crippen LogP contribution in [0.2, 0.25) is 0 Å². The van der Waals surface area contributed by atoms with Crippen LogP contribution in [0.4, 0.5) is 0 Å². The van der Waals surface area contributed by atoms with E-state index in [1.54, 1.807) is 12.1 Å². The van der Waals surface area contributed by atoms with Gasteiger partial charge in [-0.2, -0.15) is 4.31 Å². The zero-order valence-corrected chi connectivity index (χ0v) is 13.3. The van der Waals surface area contributed by atoms with E-state index >= 15 is 0 Å². The molecule has 1 aromatic rings. The van der Waals surface area contributed by atoms with E-state index in [9.17, 15) is 8.42 Å². The number of nitrogens with two attached hydrogens (primary N) is 1. The van der Waals surface area contributed by atoms with Gasteiger partial charge >= 0.3 is 0 Å². The fraction of sp³-hybridized carbons (Fsp3) is 0.538. The Morgan fingerprint density at radius 1 is 1.35 bits per heavy atom. The predicted octanol–water partition coefficient (Wildman–Crippen LogP) is 1.07. The Morgan fingerprint density at radius 3 is 2.65 bits per heavy atom. The van der Waals surface area contributed by atoms with Crippen LogP contribution < -0.4 is 5.73 Å². The maximum absolute atomic E-state index is 12.5. The molecule has 2 rings (SSSR count). The summed E-state index contributed by atoms with van der Waals surface area (Å²) in [7, 11) is -3.45. The lowest BCUT2D eigenvalue weighted by molar-refractivity contribution is 0.00450. The van der Waals surface area contributed by atoms with Crippen molar-refractivity contribution in [1.82, 2.24) is 4.31 Å². The van der Waals surface area contributed by atoms with E-state index in [2.05, 4.69) is 0 Å². The zero-order chi connectivity index (χ0) is 14.0. The first-order chi connectivity index (χ1) is 8.95. The summed E-state index contributed by atoms with van der Waals surface area (Å²) in [6, 6.07) is 5.21. The van der Waals surface area contributed by atoms with Crippen LogP contribution in [0.25, 0.3) is 0 Å². The summed E-state index contributed by atoms with van der Waals surface area (Å²) in [5.74, 6) is 0. The molecule has 0 aliphatic carbocycles. The number of nitrogens with zero attached hydrogens (tertiary/aromatic N) is 1. The average Bonchev–Trinajstić information content (AvgIpc) is 2.41. The van der Waals surface area contributed by atoms with Crippen LogP contribution in [-0.4, -0.2) is 45.1 Å². The quantitative estimate of drug-likeness (QED) is 0.904. The van der Waals surface area contributed by atoms with Crippen LogP contribution in [0.3, 0.4) is 0 Å². The van der Waals surface area contributed by atoms with Crippen molar-refractivity contribution >= 4 is 22.4 Å². The normalized spacial score (nSPS) is 20.4. The van der Waals surface area contributed by atoms with Crippen LogP contribution in [0.5, 0.6) is 0 Å². The van der Waals surface area contributed by atoms with Gasteiger partial charge in [-0.05, 0) is 37.1 Å². The maximum atomic E-state index is 12.5. The van der Waals surface area contributed by atoms with Gasteiger partial charge in [0.25, 0.3) is 0 Å². The molecule has 0 amide bonds. The van der Waals surface area contributed by atoms with Crippen LogP contribution >= 0.6 is 12.4 Å². The van der Waals surface area contributed by atoms with Crippen molar-refractivity contribution in [2.24, 2.45) is 5.73 Å². The predicted molar refractivity (Wildman–Crippen MR) is 80.7 cm³/mol. The standard InChI is InChI=1S/C13H20N2O3S.ClH/c1-10-3-4-13(7-11(10)2)19(16,17)15-5-6-18-12(8-14)9-15;/h3-4,7,12H,5-6,8-9,14H2,1-2H3;1H. The topological polar surface area (TPSA) is 72.6 Å². The second-order valence-electron chi connectivity index (χ2n) is 4.84. The van der Waals surface area contributed by atoms with E-state index in [1.807, 2.05) is 19.9 Å². The molecule has 0 saturated carbocycles. The van der Waals surface area contributed by atoms with Gasteiger partial charge in [-0.25, -0.2) is 8.42 Å². The molecule has 20 heavy (non-hydrogen) atoms. The molecular formula is C13H21ClN2O3S. The number of aryl methyl sites for hydroxylation is 2. The molecule has 1 aliphatic rings. The minimum Gasteiger partial charge on any atom is -0.374 e. The Kier molecular flexibility index (Phi) is 5.97. The Balaban J connectivity index is 0.00000200. The molecule has 1 fully saturated rings. The molecule has 7 heteroatoms. The molecule has 0 bridgehead atoms. The molecule has 1 unspecified atom stereocenters. The van der Waals surface area contributed by atoms with E-state index in [0.717, 1.165) is 11.1 Å². The number of rotatable bonds is 3. The van der Waals surface area contributed by atoms with Gasteiger partial charge in [0.15, 0.2) is 0 Å². The number of halogens is 1. The Hall–Kier alpha value is -0.660. The van der Waals surface area contributed by atoms with Crippen LogP contribution in [-0.2, 0) is 14.8 Å². The summed E-state index contributed by atoms with van der Waals surface area (Å²) in [4.78, 5) is 0.341. The second-order valence-corrected chi connectivity index (χ2v) is 6.78. The van der Waals surface area contributed by atoms with Gasteiger partial charge in [-0.15, -0.1) is 12.4 Å². The number of hydrogen-bond donors (Lipinski definition) is 1. The number of morpholine rings is 1. The van der Waals surface area contributed by atoms with E-state index in [4.69, 9.17) is 10.5 Å². The van der Waals surface area contributed by atoms with Crippen molar-refractivity contribution in [2.45, 2.75) is 24.8 Å². The van der Waals surface area contributed by atoms with Gasteiger partial charge in [-0.1, -0.05) is 6.07 Å². The molecule has 5 nitrogen and oxygen atoms in total. The van der Waals surface area contributed by atoms with E-state index in [-0.39, 0.29) is 18.5 Å². The Labute approximate surface area is 126 Å². The SMILES string of the molecule is Cc1ccc(S(=O)(=O)N2CCOC(CN)C2)cc1C.Cl. The Morgan fingerprint density at radius 2 is 2.05 bits per heavy atom. The molecule has 2 N–H and O–H groups in total. The second kappa shape index (κ2) is 6.87. The van der Waals surface area contributed by atoms with Crippen molar-refractivity contribution in [3.8, 4) is 0 Å². The zero-order valence-electron chi connectivity index (χ0n) is 11.7. The van der Waals surface area contributed by atoms with Crippen molar-refractivity contribution < 1.29 is 13.2 Å². The highest BCUT2D eigenvalue weighted by molar-refractivity contribution is 7.89. The summed E-state index contributed by atoms with van der Waals surface area (Å²) in [6.07, 6.45) is -0.213. The van der Waals surface area contributed by atoms with Crippen LogP contribution in [0.15, 0.2) is 23.1 Å². The molecular weight excluding hydrogens is 300 g/mol. The summed E-state index contributed by atoms with van der Waals surface area (Å²) < 4.78 is 31.9. The van der Waals surface area contributed by atoms with Gasteiger partial charge in [0.2, 0.25) is 10.0 Å². The van der Waals surface area contributed by atoms with E-state index in [0.29, 0.717) is 31.1 Å².